The highest BCUT2D eigenvalue weighted by Crippen LogP contribution is 2.41. The molecule has 1 aliphatic rings. The Morgan fingerprint density at radius 1 is 1.15 bits per heavy atom. The van der Waals surface area contributed by atoms with Crippen LogP contribution < -0.4 is 4.74 Å². The number of hydrogen-bond donors (Lipinski definition) is 1. The van der Waals surface area contributed by atoms with Gasteiger partial charge in [0.05, 0.1) is 6.10 Å². The molecule has 0 aromatic heterocycles. The largest absolute Gasteiger partial charge is 0.485 e. The van der Waals surface area contributed by atoms with Gasteiger partial charge in [-0.15, -0.1) is 0 Å². The molecule has 0 saturated carbocycles. The average molecular weight is 333 g/mol. The number of ether oxygens (including phenoxy) is 1. The first kappa shape index (κ1) is 13.7. The lowest BCUT2D eigenvalue weighted by atomic mass is 9.93. The third-order valence-corrected chi connectivity index (χ3v) is 4.67. The van der Waals surface area contributed by atoms with Gasteiger partial charge in [0, 0.05) is 16.5 Å². The van der Waals surface area contributed by atoms with Crippen LogP contribution in [0.5, 0.6) is 5.75 Å². The Morgan fingerprint density at radius 3 is 2.70 bits per heavy atom. The third kappa shape index (κ3) is 2.48. The van der Waals surface area contributed by atoms with Crippen LogP contribution in [0.25, 0.3) is 0 Å². The Balaban J connectivity index is 1.94. The Bertz CT molecular complexity index is 651. The Kier molecular flexibility index (Phi) is 3.57. The summed E-state index contributed by atoms with van der Waals surface area (Å²) < 4.78 is 7.15. The minimum Gasteiger partial charge on any atom is -0.485 e. The highest BCUT2D eigenvalue weighted by atomic mass is 79.9. The molecule has 0 spiro atoms. The molecule has 1 unspecified atom stereocenters. The van der Waals surface area contributed by atoms with Crippen LogP contribution in [-0.2, 0) is 0 Å². The van der Waals surface area contributed by atoms with E-state index in [4.69, 9.17) is 4.74 Å². The summed E-state index contributed by atoms with van der Waals surface area (Å²) in [4.78, 5) is 0. The maximum Gasteiger partial charge on any atom is 0.127 e. The minimum atomic E-state index is -0.465. The van der Waals surface area contributed by atoms with Crippen molar-refractivity contribution in [3.63, 3.8) is 0 Å². The summed E-state index contributed by atoms with van der Waals surface area (Å²) in [5.74, 6) is 0.792. The van der Waals surface area contributed by atoms with Crippen LogP contribution in [0.1, 0.15) is 40.9 Å². The molecule has 20 heavy (non-hydrogen) atoms. The molecule has 104 valence electrons. The van der Waals surface area contributed by atoms with Gasteiger partial charge >= 0.3 is 0 Å². The van der Waals surface area contributed by atoms with Crippen LogP contribution in [0.15, 0.2) is 40.9 Å². The molecule has 0 fully saturated rings. The number of rotatable bonds is 1. The summed E-state index contributed by atoms with van der Waals surface area (Å²) >= 11 is 3.51. The van der Waals surface area contributed by atoms with Crippen molar-refractivity contribution < 1.29 is 9.84 Å². The molecule has 0 aliphatic carbocycles. The molecular formula is C17H17BrO2. The highest BCUT2D eigenvalue weighted by Gasteiger charge is 2.28. The van der Waals surface area contributed by atoms with Crippen LogP contribution in [0.4, 0.5) is 0 Å². The first-order chi connectivity index (χ1) is 9.54. The van der Waals surface area contributed by atoms with Gasteiger partial charge in [0.2, 0.25) is 0 Å². The molecule has 1 aliphatic heterocycles. The van der Waals surface area contributed by atoms with Crippen molar-refractivity contribution in [3.05, 3.63) is 63.1 Å². The van der Waals surface area contributed by atoms with Gasteiger partial charge in [0.1, 0.15) is 11.9 Å². The van der Waals surface area contributed by atoms with Crippen molar-refractivity contribution >= 4 is 15.9 Å². The highest BCUT2D eigenvalue weighted by molar-refractivity contribution is 9.10. The number of aryl methyl sites for hydroxylation is 2. The Morgan fingerprint density at radius 2 is 1.95 bits per heavy atom. The topological polar surface area (TPSA) is 29.5 Å². The number of aliphatic hydroxyl groups is 1. The minimum absolute atomic E-state index is 0.0907. The fourth-order valence-corrected chi connectivity index (χ4v) is 2.89. The zero-order valence-electron chi connectivity index (χ0n) is 11.6. The monoisotopic (exact) mass is 332 g/mol. The van der Waals surface area contributed by atoms with Gasteiger partial charge in [0.25, 0.3) is 0 Å². The number of aliphatic hydroxyl groups excluding tert-OH is 1. The molecule has 0 radical (unpaired) electrons. The first-order valence-corrected chi connectivity index (χ1v) is 7.55. The fourth-order valence-electron chi connectivity index (χ4n) is 2.64. The van der Waals surface area contributed by atoms with Crippen molar-refractivity contribution in [2.24, 2.45) is 0 Å². The van der Waals surface area contributed by atoms with Crippen LogP contribution in [0.2, 0.25) is 0 Å². The van der Waals surface area contributed by atoms with Gasteiger partial charge < -0.3 is 9.84 Å². The summed E-state index contributed by atoms with van der Waals surface area (Å²) in [6.07, 6.45) is 0.0389. The van der Waals surface area contributed by atoms with E-state index in [1.807, 2.05) is 37.3 Å². The Hall–Kier alpha value is -1.32. The van der Waals surface area contributed by atoms with E-state index in [-0.39, 0.29) is 6.10 Å². The number of hydrogen-bond acceptors (Lipinski definition) is 2. The van der Waals surface area contributed by atoms with Crippen molar-refractivity contribution in [3.8, 4) is 5.75 Å². The van der Waals surface area contributed by atoms with Gasteiger partial charge in [-0.2, -0.15) is 0 Å². The lowest BCUT2D eigenvalue weighted by Crippen LogP contribution is -2.19. The fraction of sp³-hybridized carbons (Fsp3) is 0.294. The van der Waals surface area contributed by atoms with Gasteiger partial charge in [-0.1, -0.05) is 39.7 Å². The van der Waals surface area contributed by atoms with Crippen molar-refractivity contribution in [1.29, 1.82) is 0 Å². The zero-order chi connectivity index (χ0) is 14.3. The van der Waals surface area contributed by atoms with Crippen LogP contribution in [0.3, 0.4) is 0 Å². The SMILES string of the molecule is Cc1ccc2c(c1)[C@H](O)CC(c1ccc(Br)c(C)c1)O2. The maximum atomic E-state index is 10.4. The molecule has 1 heterocycles. The number of benzene rings is 2. The molecule has 2 aromatic rings. The van der Waals surface area contributed by atoms with E-state index in [9.17, 15) is 5.11 Å². The van der Waals surface area contributed by atoms with Gasteiger partial charge in [-0.3, -0.25) is 0 Å². The van der Waals surface area contributed by atoms with E-state index >= 15 is 0 Å². The van der Waals surface area contributed by atoms with Gasteiger partial charge in [-0.25, -0.2) is 0 Å². The summed E-state index contributed by atoms with van der Waals surface area (Å²) in [5.41, 5.74) is 4.32. The molecule has 2 atom stereocenters. The molecule has 2 nitrogen and oxygen atoms in total. The third-order valence-electron chi connectivity index (χ3n) is 3.78. The van der Waals surface area contributed by atoms with Crippen LogP contribution in [0, 0.1) is 13.8 Å². The Labute approximate surface area is 127 Å². The molecular weight excluding hydrogens is 316 g/mol. The molecule has 3 heteroatoms. The van der Waals surface area contributed by atoms with Crippen LogP contribution >= 0.6 is 15.9 Å². The molecule has 3 rings (SSSR count). The second-order valence-corrected chi connectivity index (χ2v) is 6.26. The van der Waals surface area contributed by atoms with Gasteiger partial charge in [0.15, 0.2) is 0 Å². The zero-order valence-corrected chi connectivity index (χ0v) is 13.1. The van der Waals surface area contributed by atoms with Gasteiger partial charge in [-0.05, 0) is 43.2 Å². The van der Waals surface area contributed by atoms with Crippen molar-refractivity contribution in [2.45, 2.75) is 32.5 Å². The first-order valence-electron chi connectivity index (χ1n) is 6.76. The molecule has 0 saturated heterocycles. The molecule has 0 bridgehead atoms. The maximum absolute atomic E-state index is 10.4. The number of fused-ring (bicyclic) bond motifs is 1. The summed E-state index contributed by atoms with van der Waals surface area (Å²) in [5, 5.41) is 10.4. The summed E-state index contributed by atoms with van der Waals surface area (Å²) in [6, 6.07) is 12.2. The predicted octanol–water partition coefficient (Wildman–Crippen LogP) is 4.62. The average Bonchev–Trinajstić information content (AvgIpc) is 2.42. The van der Waals surface area contributed by atoms with E-state index < -0.39 is 6.10 Å². The predicted molar refractivity (Wildman–Crippen MR) is 83.0 cm³/mol. The van der Waals surface area contributed by atoms with E-state index in [0.29, 0.717) is 6.42 Å². The number of halogens is 1. The smallest absolute Gasteiger partial charge is 0.127 e. The normalized spacial score (nSPS) is 21.2. The summed E-state index contributed by atoms with van der Waals surface area (Å²) in [7, 11) is 0. The van der Waals surface area contributed by atoms with E-state index in [1.165, 1.54) is 5.56 Å². The second kappa shape index (κ2) is 5.23. The van der Waals surface area contributed by atoms with Crippen molar-refractivity contribution in [2.75, 3.05) is 0 Å². The quantitative estimate of drug-likeness (QED) is 0.825. The lowest BCUT2D eigenvalue weighted by Gasteiger charge is -2.30. The summed E-state index contributed by atoms with van der Waals surface area (Å²) in [6.45, 7) is 4.08. The van der Waals surface area contributed by atoms with E-state index in [2.05, 4.69) is 28.9 Å². The van der Waals surface area contributed by atoms with E-state index in [1.54, 1.807) is 0 Å². The molecule has 2 aromatic carbocycles. The standard InChI is InChI=1S/C17H17BrO2/c1-10-3-6-16-13(7-10)15(19)9-17(20-16)12-4-5-14(18)11(2)8-12/h3-8,15,17,19H,9H2,1-2H3/t15-,17?/m1/s1. The van der Waals surface area contributed by atoms with Crippen LogP contribution in [-0.4, -0.2) is 5.11 Å². The second-order valence-electron chi connectivity index (χ2n) is 5.41. The van der Waals surface area contributed by atoms with Crippen molar-refractivity contribution in [1.82, 2.24) is 0 Å². The molecule has 0 amide bonds. The van der Waals surface area contributed by atoms with E-state index in [0.717, 1.165) is 26.9 Å². The lowest BCUT2D eigenvalue weighted by molar-refractivity contribution is 0.0656. The molecule has 1 N–H and O–H groups in total.